The Balaban J connectivity index is 1.43. The van der Waals surface area contributed by atoms with Crippen LogP contribution in [0.5, 0.6) is 0 Å². The minimum atomic E-state index is -5.04. The molecular formula is C23H24F3N7O7. The number of ether oxygens (including phenoxy) is 2. The van der Waals surface area contributed by atoms with Gasteiger partial charge in [-0.2, -0.15) is 13.2 Å². The third-order valence-corrected chi connectivity index (χ3v) is 5.79. The largest absolute Gasteiger partial charge is 0.471 e. The van der Waals surface area contributed by atoms with E-state index in [0.29, 0.717) is 5.56 Å². The van der Waals surface area contributed by atoms with E-state index in [-0.39, 0.29) is 23.5 Å². The number of aliphatic hydroxyl groups is 2. The van der Waals surface area contributed by atoms with Gasteiger partial charge in [-0.1, -0.05) is 18.2 Å². The Morgan fingerprint density at radius 2 is 1.80 bits per heavy atom. The van der Waals surface area contributed by atoms with Crippen molar-refractivity contribution in [2.75, 3.05) is 31.6 Å². The maximum absolute atomic E-state index is 12.6. The van der Waals surface area contributed by atoms with Crippen molar-refractivity contribution in [3.8, 4) is 0 Å². The molecular weight excluding hydrogens is 543 g/mol. The fourth-order valence-electron chi connectivity index (χ4n) is 3.87. The second-order valence-electron chi connectivity index (χ2n) is 8.48. The molecule has 0 spiro atoms. The van der Waals surface area contributed by atoms with E-state index in [2.05, 4.69) is 25.6 Å². The number of nitrogens with one attached hydrogen (secondary N) is 3. The number of carbonyl (C=O) groups is 3. The average molecular weight is 567 g/mol. The minimum Gasteiger partial charge on any atom is -0.394 e. The highest BCUT2D eigenvalue weighted by Gasteiger charge is 2.46. The molecule has 0 saturated carbocycles. The predicted octanol–water partition coefficient (Wildman–Crippen LogP) is -0.491. The van der Waals surface area contributed by atoms with Gasteiger partial charge in [0.15, 0.2) is 23.2 Å². The van der Waals surface area contributed by atoms with Crippen LogP contribution >= 0.6 is 0 Å². The van der Waals surface area contributed by atoms with Crippen molar-refractivity contribution in [3.05, 3.63) is 48.5 Å². The molecule has 17 heteroatoms. The van der Waals surface area contributed by atoms with Gasteiger partial charge in [0, 0.05) is 18.7 Å². The number of amides is 3. The number of hydrogen-bond acceptors (Lipinski definition) is 10. The lowest BCUT2D eigenvalue weighted by Crippen LogP contribution is -2.42. The lowest BCUT2D eigenvalue weighted by molar-refractivity contribution is -0.173. The molecule has 1 aliphatic rings. The molecule has 14 nitrogen and oxygen atoms in total. The van der Waals surface area contributed by atoms with Gasteiger partial charge in [-0.25, -0.2) is 15.0 Å². The summed E-state index contributed by atoms with van der Waals surface area (Å²) >= 11 is 0. The molecule has 1 saturated heterocycles. The molecule has 0 radical (unpaired) electrons. The maximum atomic E-state index is 12.6. The Hall–Kier alpha value is -4.19. The van der Waals surface area contributed by atoms with Crippen molar-refractivity contribution in [2.45, 2.75) is 30.7 Å². The van der Waals surface area contributed by atoms with Gasteiger partial charge in [-0.15, -0.1) is 0 Å². The van der Waals surface area contributed by atoms with Gasteiger partial charge in [0.1, 0.15) is 31.2 Å². The van der Waals surface area contributed by atoms with Gasteiger partial charge < -0.3 is 35.6 Å². The molecule has 1 aromatic carbocycles. The smallest absolute Gasteiger partial charge is 0.394 e. The van der Waals surface area contributed by atoms with E-state index < -0.39 is 68.2 Å². The number of halogens is 3. The number of aliphatic hydroxyl groups excluding tert-OH is 2. The van der Waals surface area contributed by atoms with E-state index in [9.17, 15) is 37.8 Å². The first-order valence-electron chi connectivity index (χ1n) is 11.8. The summed E-state index contributed by atoms with van der Waals surface area (Å²) in [5, 5.41) is 26.8. The number of rotatable bonds is 10. The van der Waals surface area contributed by atoms with Gasteiger partial charge in [0.25, 0.3) is 5.91 Å². The van der Waals surface area contributed by atoms with Crippen LogP contribution in [0.1, 0.15) is 16.6 Å². The number of fused-ring (bicyclic) bond motifs is 1. The molecule has 1 fully saturated rings. The number of imidazole rings is 1. The fourth-order valence-corrected chi connectivity index (χ4v) is 3.87. The Kier molecular flexibility index (Phi) is 8.88. The van der Waals surface area contributed by atoms with Crippen LogP contribution in [0.3, 0.4) is 0 Å². The molecule has 0 bridgehead atoms. The molecule has 3 amide bonds. The molecule has 3 aromatic rings. The highest BCUT2D eigenvalue weighted by Crippen LogP contribution is 2.34. The Morgan fingerprint density at radius 1 is 1.07 bits per heavy atom. The summed E-state index contributed by atoms with van der Waals surface area (Å²) in [6.07, 6.45) is -7.37. The number of alkyl halides is 3. The topological polar surface area (TPSA) is 190 Å². The van der Waals surface area contributed by atoms with Crippen LogP contribution in [0.15, 0.2) is 43.0 Å². The molecule has 1 unspecified atom stereocenters. The number of carbonyl (C=O) groups excluding carboxylic acids is 3. The zero-order chi connectivity index (χ0) is 28.9. The summed E-state index contributed by atoms with van der Waals surface area (Å²) in [6.45, 7) is -2.00. The Bertz CT molecular complexity index is 1360. The van der Waals surface area contributed by atoms with Gasteiger partial charge >= 0.3 is 12.1 Å². The van der Waals surface area contributed by atoms with E-state index >= 15 is 0 Å². The van der Waals surface area contributed by atoms with Crippen molar-refractivity contribution in [3.63, 3.8) is 0 Å². The normalized spacial score (nSPS) is 20.8. The second kappa shape index (κ2) is 12.3. The first-order valence-corrected chi connectivity index (χ1v) is 11.8. The summed E-state index contributed by atoms with van der Waals surface area (Å²) in [5.74, 6) is -3.22. The summed E-state index contributed by atoms with van der Waals surface area (Å²) in [5.41, 5.74) is 0.763. The molecule has 40 heavy (non-hydrogen) atoms. The summed E-state index contributed by atoms with van der Waals surface area (Å²) in [6, 6.07) is 8.39. The highest BCUT2D eigenvalue weighted by molar-refractivity contribution is 6.06. The quantitative estimate of drug-likeness (QED) is 0.200. The molecule has 4 rings (SSSR count). The van der Waals surface area contributed by atoms with Gasteiger partial charge in [0.2, 0.25) is 5.91 Å². The number of hydrogen-bond donors (Lipinski definition) is 5. The molecule has 3 heterocycles. The summed E-state index contributed by atoms with van der Waals surface area (Å²) < 4.78 is 49.3. The van der Waals surface area contributed by atoms with Crippen molar-refractivity contribution in [1.29, 1.82) is 0 Å². The van der Waals surface area contributed by atoms with Crippen LogP contribution in [0.25, 0.3) is 11.2 Å². The third kappa shape index (κ3) is 6.50. The average Bonchev–Trinajstić information content (AvgIpc) is 3.50. The zero-order valence-electron chi connectivity index (χ0n) is 20.5. The van der Waals surface area contributed by atoms with E-state index in [1.165, 1.54) is 17.2 Å². The number of benzene rings is 1. The van der Waals surface area contributed by atoms with Gasteiger partial charge in [-0.3, -0.25) is 19.0 Å². The summed E-state index contributed by atoms with van der Waals surface area (Å²) in [7, 11) is 0. The van der Waals surface area contributed by atoms with Crippen molar-refractivity contribution < 1.29 is 47.2 Å². The first kappa shape index (κ1) is 28.8. The SMILES string of the molecule is O=C(CO[C@H]1C(O)[C@@H](CO)O[C@H]1n1cnc2c(NC(=O)c3ccccc3)ncnc21)NCCNC(=O)C(F)(F)F. The van der Waals surface area contributed by atoms with Crippen molar-refractivity contribution in [2.24, 2.45) is 0 Å². The highest BCUT2D eigenvalue weighted by atomic mass is 19.4. The second-order valence-corrected chi connectivity index (χ2v) is 8.48. The van der Waals surface area contributed by atoms with E-state index in [1.54, 1.807) is 35.6 Å². The van der Waals surface area contributed by atoms with Gasteiger partial charge in [0.05, 0.1) is 12.9 Å². The molecule has 1 aliphatic heterocycles. The maximum Gasteiger partial charge on any atom is 0.471 e. The van der Waals surface area contributed by atoms with Crippen LogP contribution in [0, 0.1) is 0 Å². The standard InChI is InChI=1S/C23H24F3N7O7/c24-23(25,26)22(38)28-7-6-27-14(35)9-39-17-16(36)13(8-34)40-21(17)33-11-31-15-18(29-10-30-19(15)33)32-20(37)12-4-2-1-3-5-12/h1-5,10-11,13,16-17,21,34,36H,6-9H2,(H,27,35)(H,28,38)(H,29,30,32,37)/t13-,16?,17+,21-/m1/s1. The van der Waals surface area contributed by atoms with Crippen LogP contribution in [0.2, 0.25) is 0 Å². The first-order chi connectivity index (χ1) is 19.1. The molecule has 4 atom stereocenters. The molecule has 214 valence electrons. The van der Waals surface area contributed by atoms with Crippen LogP contribution < -0.4 is 16.0 Å². The lowest BCUT2D eigenvalue weighted by Gasteiger charge is -2.22. The van der Waals surface area contributed by atoms with Crippen LogP contribution in [-0.4, -0.2) is 98.2 Å². The van der Waals surface area contributed by atoms with Crippen LogP contribution in [0.4, 0.5) is 19.0 Å². The van der Waals surface area contributed by atoms with Crippen LogP contribution in [-0.2, 0) is 19.1 Å². The van der Waals surface area contributed by atoms with E-state index in [0.717, 1.165) is 0 Å². The van der Waals surface area contributed by atoms with E-state index in [1.807, 2.05) is 0 Å². The van der Waals surface area contributed by atoms with Gasteiger partial charge in [-0.05, 0) is 12.1 Å². The Labute approximate surface area is 223 Å². The summed E-state index contributed by atoms with van der Waals surface area (Å²) in [4.78, 5) is 48.1. The number of aromatic nitrogens is 4. The minimum absolute atomic E-state index is 0.101. The predicted molar refractivity (Wildman–Crippen MR) is 129 cm³/mol. The third-order valence-electron chi connectivity index (χ3n) is 5.79. The lowest BCUT2D eigenvalue weighted by atomic mass is 10.1. The number of nitrogens with zero attached hydrogens (tertiary/aromatic N) is 4. The number of anilines is 1. The molecule has 5 N–H and O–H groups in total. The zero-order valence-corrected chi connectivity index (χ0v) is 20.5. The monoisotopic (exact) mass is 567 g/mol. The Morgan fingerprint density at radius 3 is 2.50 bits per heavy atom. The van der Waals surface area contributed by atoms with E-state index in [4.69, 9.17) is 9.47 Å². The van der Waals surface area contributed by atoms with Crippen molar-refractivity contribution >= 4 is 34.7 Å². The molecule has 2 aromatic heterocycles. The fraction of sp³-hybridized carbons (Fsp3) is 0.391. The van der Waals surface area contributed by atoms with Crippen molar-refractivity contribution in [1.82, 2.24) is 30.2 Å². The molecule has 0 aliphatic carbocycles.